The monoisotopic (exact) mass is 727 g/mol. The molecule has 1 aromatic carbocycles. The lowest BCUT2D eigenvalue weighted by atomic mass is 10.0. The largest absolute Gasteiger partial charge is 0.444 e. The second-order valence-electron chi connectivity index (χ2n) is 14.5. The third-order valence-electron chi connectivity index (χ3n) is 10.7. The molecule has 5 amide bonds. The summed E-state index contributed by atoms with van der Waals surface area (Å²) < 4.78 is 44.4. The standard InChI is InChI=1S/C35H45N5O10S/c41-30-29-16-26(50-34(45)39-18-22-8-6-7-9-23(22)19-39)20-40(29)31(42)28(36-33(44)49-25-14-15-48-21-25)11-5-3-1-2-4-10-24-17-35(24,37-30)32(43)38-51(46,47)27-12-13-27/h4,6-10,24-29H,1-3,5,11-21H2,(H,36,44)(H,37,41)(H,38,43)/b10-4-/t24-,25+,26+,28-,29-,35+/m0/s1. The first-order valence-corrected chi connectivity index (χ1v) is 19.5. The van der Waals surface area contributed by atoms with Gasteiger partial charge in [0.15, 0.2) is 0 Å². The number of rotatable bonds is 6. The molecule has 6 aliphatic rings. The van der Waals surface area contributed by atoms with Gasteiger partial charge in [-0.15, -0.1) is 0 Å². The highest BCUT2D eigenvalue weighted by molar-refractivity contribution is 7.91. The maximum absolute atomic E-state index is 14.3. The number of carbonyl (C=O) groups is 5. The van der Waals surface area contributed by atoms with Crippen LogP contribution in [0.2, 0.25) is 0 Å². The molecule has 2 aliphatic carbocycles. The Bertz CT molecular complexity index is 1670. The van der Waals surface area contributed by atoms with Gasteiger partial charge in [0.25, 0.3) is 5.91 Å². The molecule has 276 valence electrons. The van der Waals surface area contributed by atoms with E-state index < -0.39 is 80.9 Å². The molecule has 3 N–H and O–H groups in total. The Labute approximate surface area is 296 Å². The molecular weight excluding hydrogens is 682 g/mol. The van der Waals surface area contributed by atoms with E-state index in [2.05, 4.69) is 15.4 Å². The van der Waals surface area contributed by atoms with Crippen LogP contribution in [0.25, 0.3) is 0 Å². The van der Waals surface area contributed by atoms with E-state index in [0.717, 1.165) is 24.0 Å². The number of sulfonamides is 1. The number of carbonyl (C=O) groups excluding carboxylic acids is 5. The van der Waals surface area contributed by atoms with Crippen molar-refractivity contribution in [2.45, 2.75) is 112 Å². The summed E-state index contributed by atoms with van der Waals surface area (Å²) >= 11 is 0. The minimum atomic E-state index is -3.90. The zero-order valence-electron chi connectivity index (χ0n) is 28.4. The van der Waals surface area contributed by atoms with Gasteiger partial charge in [0.05, 0.1) is 25.0 Å². The van der Waals surface area contributed by atoms with Crippen molar-refractivity contribution in [2.75, 3.05) is 19.8 Å². The molecule has 0 radical (unpaired) electrons. The number of nitrogens with one attached hydrogen (secondary N) is 3. The lowest BCUT2D eigenvalue weighted by Crippen LogP contribution is -2.58. The molecule has 15 nitrogen and oxygen atoms in total. The molecule has 0 unspecified atom stereocenters. The SMILES string of the molecule is O=C(N[C@H]1CCCCC/C=C\[C@H]2C[C@@]2(C(=O)NS(=O)(=O)C2CC2)NC(=O)[C@@H]2C[C@@H](OC(=O)N3Cc4ccccc4C3)CN2C1=O)O[C@@H]1CCOC1. The molecule has 4 heterocycles. The van der Waals surface area contributed by atoms with E-state index in [4.69, 9.17) is 14.2 Å². The van der Waals surface area contributed by atoms with Crippen LogP contribution in [0.3, 0.4) is 0 Å². The van der Waals surface area contributed by atoms with Crippen LogP contribution in [0.1, 0.15) is 75.3 Å². The van der Waals surface area contributed by atoms with E-state index in [1.54, 1.807) is 4.90 Å². The van der Waals surface area contributed by atoms with Crippen molar-refractivity contribution in [3.8, 4) is 0 Å². The lowest BCUT2D eigenvalue weighted by molar-refractivity contribution is -0.141. The zero-order valence-corrected chi connectivity index (χ0v) is 29.2. The first-order valence-electron chi connectivity index (χ1n) is 17.9. The van der Waals surface area contributed by atoms with Crippen LogP contribution < -0.4 is 15.4 Å². The fourth-order valence-corrected chi connectivity index (χ4v) is 8.82. The molecule has 0 bridgehead atoms. The number of ether oxygens (including phenoxy) is 3. The van der Waals surface area contributed by atoms with Gasteiger partial charge in [-0.05, 0) is 49.7 Å². The minimum absolute atomic E-state index is 0.0563. The van der Waals surface area contributed by atoms with Gasteiger partial charge < -0.3 is 29.7 Å². The van der Waals surface area contributed by atoms with Gasteiger partial charge in [-0.1, -0.05) is 49.3 Å². The van der Waals surface area contributed by atoms with Gasteiger partial charge in [0.1, 0.15) is 29.8 Å². The van der Waals surface area contributed by atoms with Crippen LogP contribution in [-0.2, 0) is 51.7 Å². The Morgan fingerprint density at radius 2 is 1.73 bits per heavy atom. The highest BCUT2D eigenvalue weighted by Gasteiger charge is 2.62. The van der Waals surface area contributed by atoms with Gasteiger partial charge in [-0.3, -0.25) is 24.0 Å². The van der Waals surface area contributed by atoms with E-state index in [1.165, 1.54) is 4.90 Å². The molecule has 2 saturated carbocycles. The first kappa shape index (κ1) is 35.2. The average molecular weight is 728 g/mol. The van der Waals surface area contributed by atoms with Crippen molar-refractivity contribution in [1.82, 2.24) is 25.2 Å². The lowest BCUT2D eigenvalue weighted by Gasteiger charge is -2.30. The van der Waals surface area contributed by atoms with Crippen LogP contribution in [-0.4, -0.2) is 103 Å². The van der Waals surface area contributed by atoms with Crippen LogP contribution >= 0.6 is 0 Å². The van der Waals surface area contributed by atoms with Crippen LogP contribution in [0, 0.1) is 5.92 Å². The number of hydrogen-bond acceptors (Lipinski definition) is 10. The van der Waals surface area contributed by atoms with Crippen LogP contribution in [0.15, 0.2) is 36.4 Å². The summed E-state index contributed by atoms with van der Waals surface area (Å²) in [4.78, 5) is 71.3. The van der Waals surface area contributed by atoms with E-state index >= 15 is 0 Å². The highest BCUT2D eigenvalue weighted by Crippen LogP contribution is 2.46. The second kappa shape index (κ2) is 14.4. The Kier molecular flexibility index (Phi) is 9.98. The average Bonchev–Trinajstić information content (AvgIpc) is 3.88. The molecule has 16 heteroatoms. The predicted octanol–water partition coefficient (Wildman–Crippen LogP) is 2.00. The maximum Gasteiger partial charge on any atom is 0.410 e. The molecule has 4 fully saturated rings. The number of nitrogens with zero attached hydrogens (tertiary/aromatic N) is 2. The van der Waals surface area contributed by atoms with Gasteiger partial charge in [0, 0.05) is 31.8 Å². The molecular formula is C35H45N5O10S. The van der Waals surface area contributed by atoms with E-state index in [9.17, 15) is 32.4 Å². The van der Waals surface area contributed by atoms with Crippen molar-refractivity contribution in [2.24, 2.45) is 5.92 Å². The van der Waals surface area contributed by atoms with Gasteiger partial charge in [0.2, 0.25) is 21.8 Å². The minimum Gasteiger partial charge on any atom is -0.444 e. The molecule has 51 heavy (non-hydrogen) atoms. The van der Waals surface area contributed by atoms with Crippen molar-refractivity contribution in [1.29, 1.82) is 0 Å². The van der Waals surface area contributed by atoms with Gasteiger partial charge in [-0.2, -0.15) is 0 Å². The number of benzene rings is 1. The van der Waals surface area contributed by atoms with Crippen molar-refractivity contribution >= 4 is 39.9 Å². The number of allylic oxidation sites excluding steroid dienone is 1. The summed E-state index contributed by atoms with van der Waals surface area (Å²) in [6, 6.07) is 5.48. The Morgan fingerprint density at radius 3 is 2.43 bits per heavy atom. The van der Waals surface area contributed by atoms with E-state index in [-0.39, 0.29) is 32.4 Å². The maximum atomic E-state index is 14.3. The molecule has 0 spiro atoms. The van der Waals surface area contributed by atoms with Gasteiger partial charge >= 0.3 is 12.2 Å². The van der Waals surface area contributed by atoms with E-state index in [0.29, 0.717) is 51.8 Å². The first-order chi connectivity index (χ1) is 24.5. The smallest absolute Gasteiger partial charge is 0.410 e. The van der Waals surface area contributed by atoms with Gasteiger partial charge in [-0.25, -0.2) is 18.0 Å². The summed E-state index contributed by atoms with van der Waals surface area (Å²) in [5.74, 6) is -2.48. The molecule has 0 aromatic heterocycles. The summed E-state index contributed by atoms with van der Waals surface area (Å²) in [5, 5.41) is 4.89. The summed E-state index contributed by atoms with van der Waals surface area (Å²) in [7, 11) is -3.90. The van der Waals surface area contributed by atoms with Crippen LogP contribution in [0.4, 0.5) is 9.59 Å². The summed E-state index contributed by atoms with van der Waals surface area (Å²) in [6.45, 7) is 1.35. The second-order valence-corrected chi connectivity index (χ2v) is 16.4. The predicted molar refractivity (Wildman–Crippen MR) is 180 cm³/mol. The van der Waals surface area contributed by atoms with Crippen LogP contribution in [0.5, 0.6) is 0 Å². The third-order valence-corrected chi connectivity index (χ3v) is 12.5. The summed E-state index contributed by atoms with van der Waals surface area (Å²) in [6.07, 6.45) is 5.82. The quantitative estimate of drug-likeness (QED) is 0.366. The number of amides is 5. The molecule has 6 atom stereocenters. The molecule has 1 aromatic rings. The third kappa shape index (κ3) is 7.86. The number of alkyl carbamates (subject to hydrolysis) is 1. The Balaban J connectivity index is 1.12. The van der Waals surface area contributed by atoms with Crippen molar-refractivity contribution in [3.63, 3.8) is 0 Å². The fourth-order valence-electron chi connectivity index (χ4n) is 7.46. The molecule has 2 saturated heterocycles. The number of hydrogen-bond donors (Lipinski definition) is 3. The Hall–Kier alpha value is -4.18. The summed E-state index contributed by atoms with van der Waals surface area (Å²) in [5.41, 5.74) is 0.493. The molecule has 4 aliphatic heterocycles. The Morgan fingerprint density at radius 1 is 0.961 bits per heavy atom. The van der Waals surface area contributed by atoms with E-state index in [1.807, 2.05) is 36.4 Å². The zero-order chi connectivity index (χ0) is 35.8. The molecule has 7 rings (SSSR count). The number of fused-ring (bicyclic) bond motifs is 3. The topological polar surface area (TPSA) is 190 Å². The van der Waals surface area contributed by atoms with Crippen molar-refractivity contribution < 1.29 is 46.6 Å². The highest BCUT2D eigenvalue weighted by atomic mass is 32.2. The van der Waals surface area contributed by atoms with Crippen molar-refractivity contribution in [3.05, 3.63) is 47.5 Å². The normalized spacial score (nSPS) is 31.6. The fraction of sp³-hybridized carbons (Fsp3) is 0.629.